The van der Waals surface area contributed by atoms with E-state index in [0.717, 1.165) is 18.3 Å². The summed E-state index contributed by atoms with van der Waals surface area (Å²) in [4.78, 5) is 18.7. The molecule has 2 atom stereocenters. The Kier molecular flexibility index (Phi) is 7.53. The molecule has 1 N–H and O–H groups in total. The molecule has 252 valence electrons. The number of aliphatic hydroxyl groups is 1. The highest BCUT2D eigenvalue weighted by Gasteiger charge is 2.55. The van der Waals surface area contributed by atoms with Crippen LogP contribution in [0.2, 0.25) is 0 Å². The predicted octanol–water partition coefficient (Wildman–Crippen LogP) is 5.12. The van der Waals surface area contributed by atoms with Gasteiger partial charge in [0.2, 0.25) is 0 Å². The Labute approximate surface area is 273 Å². The number of fused-ring (bicyclic) bond motifs is 2. The van der Waals surface area contributed by atoms with Crippen LogP contribution in [0.4, 0.5) is 17.6 Å². The van der Waals surface area contributed by atoms with E-state index in [1.54, 1.807) is 43.1 Å². The highest BCUT2D eigenvalue weighted by Crippen LogP contribution is 2.53. The first-order valence-corrected chi connectivity index (χ1v) is 16.9. The number of rotatable bonds is 7. The third-order valence-corrected chi connectivity index (χ3v) is 11.7. The molecule has 4 aromatic rings. The van der Waals surface area contributed by atoms with Gasteiger partial charge in [-0.1, -0.05) is 5.57 Å². The first kappa shape index (κ1) is 32.3. The molecule has 15 heteroatoms. The minimum Gasteiger partial charge on any atom is -0.390 e. The molecule has 1 aromatic carbocycles. The minimum atomic E-state index is -4.71. The quantitative estimate of drug-likeness (QED) is 0.212. The van der Waals surface area contributed by atoms with Gasteiger partial charge in [0, 0.05) is 31.5 Å². The number of carbonyl (C=O) groups is 1. The number of nitrogens with zero attached hydrogens (tertiary/aromatic N) is 6. The van der Waals surface area contributed by atoms with Gasteiger partial charge in [-0.3, -0.25) is 14.5 Å². The Hall–Kier alpha value is -4.21. The van der Waals surface area contributed by atoms with Crippen LogP contribution in [-0.4, -0.2) is 65.8 Å². The van der Waals surface area contributed by atoms with Crippen molar-refractivity contribution in [2.24, 2.45) is 12.5 Å². The van der Waals surface area contributed by atoms with Crippen molar-refractivity contribution in [3.8, 4) is 5.69 Å². The van der Waals surface area contributed by atoms with Gasteiger partial charge in [-0.05, 0) is 99.6 Å². The summed E-state index contributed by atoms with van der Waals surface area (Å²) in [6.07, 6.45) is 1.99. The lowest BCUT2D eigenvalue weighted by molar-refractivity contribution is -0.137. The maximum absolute atomic E-state index is 14.6. The number of sulfonamides is 1. The van der Waals surface area contributed by atoms with Crippen LogP contribution in [0, 0.1) is 11.2 Å². The molecular weight excluding hydrogens is 652 g/mol. The fraction of sp³-hybridized carbons (Fsp3) is 0.394. The number of hydrogen-bond donors (Lipinski definition) is 1. The highest BCUT2D eigenvalue weighted by molar-refractivity contribution is 7.89. The lowest BCUT2D eigenvalue weighted by Gasteiger charge is -2.52. The molecule has 2 saturated carbocycles. The maximum atomic E-state index is 14.6. The fourth-order valence-electron chi connectivity index (χ4n) is 7.53. The van der Waals surface area contributed by atoms with Crippen molar-refractivity contribution >= 4 is 21.9 Å². The van der Waals surface area contributed by atoms with Gasteiger partial charge in [0.05, 0.1) is 34.2 Å². The van der Waals surface area contributed by atoms with Gasteiger partial charge < -0.3 is 5.11 Å². The van der Waals surface area contributed by atoms with Crippen LogP contribution in [0.3, 0.4) is 0 Å². The van der Waals surface area contributed by atoms with Gasteiger partial charge in [-0.2, -0.15) is 27.7 Å². The average Bonchev–Trinajstić information content (AvgIpc) is 3.65. The second-order valence-electron chi connectivity index (χ2n) is 13.2. The summed E-state index contributed by atoms with van der Waals surface area (Å²) in [5.74, 6) is -1.08. The zero-order valence-electron chi connectivity index (χ0n) is 26.0. The number of ketones is 1. The summed E-state index contributed by atoms with van der Waals surface area (Å²) in [6.45, 7) is 1.63. The molecular formula is C33H32F4N6O4S. The monoisotopic (exact) mass is 684 g/mol. The van der Waals surface area contributed by atoms with Crippen molar-refractivity contribution in [3.63, 3.8) is 0 Å². The zero-order valence-corrected chi connectivity index (χ0v) is 26.8. The van der Waals surface area contributed by atoms with E-state index < -0.39 is 56.5 Å². The van der Waals surface area contributed by atoms with Crippen LogP contribution < -0.4 is 0 Å². The normalized spacial score (nSPS) is 25.6. The molecule has 2 fully saturated rings. The molecule has 3 aliphatic rings. The first-order chi connectivity index (χ1) is 22.6. The Morgan fingerprint density at radius 3 is 2.46 bits per heavy atom. The number of pyridine rings is 1. The third-order valence-electron chi connectivity index (χ3n) is 9.76. The van der Waals surface area contributed by atoms with E-state index >= 15 is 0 Å². The number of benzene rings is 1. The number of allylic oxidation sites excluding steroid dienone is 1. The number of halogens is 4. The van der Waals surface area contributed by atoms with Gasteiger partial charge in [-0.25, -0.2) is 17.5 Å². The maximum Gasteiger partial charge on any atom is 0.416 e. The Morgan fingerprint density at radius 2 is 1.81 bits per heavy atom. The summed E-state index contributed by atoms with van der Waals surface area (Å²) < 4.78 is 87.8. The first-order valence-electron chi connectivity index (χ1n) is 15.4. The number of aryl methyl sites for hydroxylation is 1. The van der Waals surface area contributed by atoms with Gasteiger partial charge in [0.15, 0.2) is 10.8 Å². The summed E-state index contributed by atoms with van der Waals surface area (Å²) in [7, 11) is -2.63. The molecule has 0 saturated heterocycles. The lowest BCUT2D eigenvalue weighted by Crippen LogP contribution is -2.60. The molecule has 3 heterocycles. The summed E-state index contributed by atoms with van der Waals surface area (Å²) in [5, 5.41) is 19.1. The van der Waals surface area contributed by atoms with E-state index in [0.29, 0.717) is 28.9 Å². The molecule has 0 unspecified atom stereocenters. The van der Waals surface area contributed by atoms with E-state index in [2.05, 4.69) is 15.2 Å². The molecule has 3 aromatic heterocycles. The molecule has 0 radical (unpaired) electrons. The van der Waals surface area contributed by atoms with E-state index in [4.69, 9.17) is 0 Å². The summed E-state index contributed by atoms with van der Waals surface area (Å²) in [5.41, 5.74) is -1.47. The predicted molar refractivity (Wildman–Crippen MR) is 165 cm³/mol. The largest absolute Gasteiger partial charge is 0.416 e. The number of carbonyl (C=O) groups excluding carboxylic acids is 1. The molecule has 10 nitrogen and oxygen atoms in total. The van der Waals surface area contributed by atoms with Gasteiger partial charge >= 0.3 is 6.18 Å². The Bertz CT molecular complexity index is 2050. The second kappa shape index (κ2) is 11.2. The van der Waals surface area contributed by atoms with Crippen molar-refractivity contribution in [3.05, 3.63) is 95.0 Å². The smallest absolute Gasteiger partial charge is 0.390 e. The second-order valence-corrected chi connectivity index (χ2v) is 15.0. The highest BCUT2D eigenvalue weighted by atomic mass is 32.2. The van der Waals surface area contributed by atoms with Crippen molar-refractivity contribution in [1.29, 1.82) is 0 Å². The number of hydrogen-bond acceptors (Lipinski definition) is 7. The third kappa shape index (κ3) is 5.47. The standard InChI is InChI=1S/C33H32F4N6O4S/c1-31(45)16-26(17-31)43(48(46,47)29-10-12-41(2)40-29)25-6-3-21-14-28-20(19-39-42(28)24-7-4-23(34)5-8-24)15-32(21,18-25)30(44)27-13-22(9-11-38-27)33(35,36)37/h4-5,7-14,19,25-26,45H,3,6,15-18H2,1-2H3/t25-,26?,31?,32-/m0/s1. The topological polar surface area (TPSA) is 123 Å². The average molecular weight is 685 g/mol. The summed E-state index contributed by atoms with van der Waals surface area (Å²) in [6, 6.07) is 7.30. The van der Waals surface area contributed by atoms with Crippen LogP contribution in [0.1, 0.15) is 66.3 Å². The van der Waals surface area contributed by atoms with Crippen LogP contribution in [0.5, 0.6) is 0 Å². The van der Waals surface area contributed by atoms with Gasteiger partial charge in [0.1, 0.15) is 11.5 Å². The fourth-order valence-corrected chi connectivity index (χ4v) is 9.33. The van der Waals surface area contributed by atoms with E-state index in [1.165, 1.54) is 33.4 Å². The van der Waals surface area contributed by atoms with Crippen molar-refractivity contribution < 1.29 is 35.9 Å². The van der Waals surface area contributed by atoms with Crippen molar-refractivity contribution in [2.75, 3.05) is 0 Å². The van der Waals surface area contributed by atoms with Crippen molar-refractivity contribution in [1.82, 2.24) is 28.9 Å². The molecule has 48 heavy (non-hydrogen) atoms. The molecule has 7 rings (SSSR count). The molecule has 0 aliphatic heterocycles. The molecule has 0 amide bonds. The van der Waals surface area contributed by atoms with E-state index in [-0.39, 0.29) is 42.8 Å². The van der Waals surface area contributed by atoms with Crippen LogP contribution >= 0.6 is 0 Å². The minimum absolute atomic E-state index is 0.0302. The van der Waals surface area contributed by atoms with E-state index in [1.807, 2.05) is 0 Å². The Morgan fingerprint density at radius 1 is 1.08 bits per heavy atom. The molecule has 3 aliphatic carbocycles. The zero-order chi connectivity index (χ0) is 34.2. The summed E-state index contributed by atoms with van der Waals surface area (Å²) >= 11 is 0. The SMILES string of the molecule is Cn1ccc(S(=O)(=O)N(C2CC(C)(O)C2)[C@H]2CCC3=Cc4c(cnn4-c4ccc(F)cc4)C[C@]3(C(=O)c3cc(C(F)(F)F)ccn3)C2)n1. The lowest BCUT2D eigenvalue weighted by atomic mass is 9.60. The van der Waals surface area contributed by atoms with Crippen molar-refractivity contribution in [2.45, 2.75) is 74.3 Å². The van der Waals surface area contributed by atoms with Crippen LogP contribution in [0.15, 0.2) is 71.7 Å². The number of aromatic nitrogens is 5. The van der Waals surface area contributed by atoms with E-state index in [9.17, 15) is 35.9 Å². The number of alkyl halides is 3. The van der Waals surface area contributed by atoms with Gasteiger partial charge in [-0.15, -0.1) is 0 Å². The van der Waals surface area contributed by atoms with Gasteiger partial charge in [0.25, 0.3) is 10.0 Å². The molecule has 0 bridgehead atoms. The number of Topliss-reactive ketones (excluding diaryl/α,β-unsaturated/α-hetero) is 1. The van der Waals surface area contributed by atoms with Crippen LogP contribution in [-0.2, 0) is 29.7 Å². The van der Waals surface area contributed by atoms with Crippen LogP contribution in [0.25, 0.3) is 11.8 Å². The Balaban J connectivity index is 1.34. The molecule has 0 spiro atoms.